The van der Waals surface area contributed by atoms with E-state index in [1.807, 2.05) is 163 Å². The van der Waals surface area contributed by atoms with Gasteiger partial charge in [-0.25, -0.2) is 9.78 Å². The number of ether oxygens (including phenoxy) is 2. The summed E-state index contributed by atoms with van der Waals surface area (Å²) in [6.45, 7) is 0.214. The number of carboxylic acid groups (broad SMARTS) is 1. The number of ketones is 1. The Bertz CT molecular complexity index is 2370. The number of aromatic amines is 1. The van der Waals surface area contributed by atoms with Crippen LogP contribution in [0, 0.1) is 0 Å². The van der Waals surface area contributed by atoms with Crippen molar-refractivity contribution >= 4 is 17.8 Å². The number of carbonyl (C=O) groups is 3. The lowest BCUT2D eigenvalue weighted by Gasteiger charge is -2.46. The molecule has 1 atom stereocenters. The van der Waals surface area contributed by atoms with Crippen LogP contribution in [-0.2, 0) is 41.2 Å². The van der Waals surface area contributed by atoms with Crippen LogP contribution < -0.4 is 10.1 Å². The Morgan fingerprint density at radius 3 is 1.81 bits per heavy atom. The Kier molecular flexibility index (Phi) is 13.0. The molecular formula is C49H44N4O6. The third-order valence-electron chi connectivity index (χ3n) is 10.1. The van der Waals surface area contributed by atoms with Crippen molar-refractivity contribution in [2.24, 2.45) is 0 Å². The second kappa shape index (κ2) is 19.2. The van der Waals surface area contributed by atoms with Crippen molar-refractivity contribution in [3.8, 4) is 5.75 Å². The SMILES string of the molecule is O=C(O)CN(Cc1ccc(OCc2ccccc2)cc1)C(c1ccccc1)(c1ccccc1)c1ccccc1C(=O)[C@H](Cc1cnc[nH]1)NC(=O)OCc1ccccc1. The molecular weight excluding hydrogens is 741 g/mol. The molecule has 0 unspecified atom stereocenters. The standard InChI is InChI=1S/C49H44N4O6/c54-46(55)32-53(31-36-25-27-42(28-26-36)58-33-37-15-5-1-6-16-37)49(39-19-9-3-10-20-39,40-21-11-4-12-22-40)44-24-14-13-23-43(44)47(56)45(29-41-30-50-35-51-41)52-48(57)59-34-38-17-7-2-8-18-38/h1-28,30,35,45H,29,31-34H2,(H,50,51)(H,52,57)(H,54,55)/t45-/m0/s1. The van der Waals surface area contributed by atoms with E-state index in [0.29, 0.717) is 29.2 Å². The Morgan fingerprint density at radius 1 is 0.678 bits per heavy atom. The Morgan fingerprint density at radius 2 is 1.24 bits per heavy atom. The number of benzene rings is 6. The monoisotopic (exact) mass is 784 g/mol. The predicted molar refractivity (Wildman–Crippen MR) is 225 cm³/mol. The van der Waals surface area contributed by atoms with Crippen molar-refractivity contribution < 1.29 is 29.0 Å². The Balaban J connectivity index is 1.31. The number of hydrogen-bond donors (Lipinski definition) is 3. The summed E-state index contributed by atoms with van der Waals surface area (Å²) in [5.41, 5.74) is 4.30. The van der Waals surface area contributed by atoms with Gasteiger partial charge in [0.25, 0.3) is 0 Å². The van der Waals surface area contributed by atoms with Crippen molar-refractivity contribution in [1.29, 1.82) is 0 Å². The molecule has 59 heavy (non-hydrogen) atoms. The first-order valence-electron chi connectivity index (χ1n) is 19.3. The van der Waals surface area contributed by atoms with Crippen LogP contribution in [0.2, 0.25) is 0 Å². The maximum Gasteiger partial charge on any atom is 0.408 e. The Hall–Kier alpha value is -7.30. The molecule has 0 saturated carbocycles. The summed E-state index contributed by atoms with van der Waals surface area (Å²) in [6, 6.07) is 52.1. The van der Waals surface area contributed by atoms with Gasteiger partial charge in [0.15, 0.2) is 5.78 Å². The third-order valence-corrected chi connectivity index (χ3v) is 10.1. The van der Waals surface area contributed by atoms with E-state index in [2.05, 4.69) is 15.3 Å². The molecule has 0 fully saturated rings. The van der Waals surface area contributed by atoms with Gasteiger partial charge >= 0.3 is 12.1 Å². The fourth-order valence-electron chi connectivity index (χ4n) is 7.41. The molecule has 0 radical (unpaired) electrons. The lowest BCUT2D eigenvalue weighted by molar-refractivity contribution is -0.139. The third kappa shape index (κ3) is 9.81. The number of amides is 1. The highest BCUT2D eigenvalue weighted by Gasteiger charge is 2.45. The minimum Gasteiger partial charge on any atom is -0.489 e. The van der Waals surface area contributed by atoms with Gasteiger partial charge in [0, 0.05) is 30.4 Å². The number of aromatic nitrogens is 2. The molecule has 0 aliphatic heterocycles. The Labute approximate surface area is 343 Å². The molecule has 10 nitrogen and oxygen atoms in total. The van der Waals surface area contributed by atoms with E-state index in [0.717, 1.165) is 27.8 Å². The number of carboxylic acids is 1. The van der Waals surface area contributed by atoms with Gasteiger partial charge in [0.1, 0.15) is 25.0 Å². The summed E-state index contributed by atoms with van der Waals surface area (Å²) in [5, 5.41) is 13.5. The van der Waals surface area contributed by atoms with E-state index in [1.54, 1.807) is 18.3 Å². The van der Waals surface area contributed by atoms with E-state index in [-0.39, 0.29) is 26.1 Å². The lowest BCUT2D eigenvalue weighted by atomic mass is 9.72. The second-order valence-corrected chi connectivity index (χ2v) is 14.1. The first-order chi connectivity index (χ1) is 28.9. The van der Waals surface area contributed by atoms with Crippen LogP contribution in [0.1, 0.15) is 49.4 Å². The molecule has 296 valence electrons. The molecule has 1 heterocycles. The molecule has 0 bridgehead atoms. The van der Waals surface area contributed by atoms with Crippen LogP contribution in [0.4, 0.5) is 4.79 Å². The van der Waals surface area contributed by atoms with E-state index in [1.165, 1.54) is 6.33 Å². The fraction of sp³-hybridized carbons (Fsp3) is 0.143. The van der Waals surface area contributed by atoms with Crippen molar-refractivity contribution in [3.63, 3.8) is 0 Å². The zero-order valence-corrected chi connectivity index (χ0v) is 32.3. The number of aliphatic carboxylic acids is 1. The number of nitrogens with zero attached hydrogens (tertiary/aromatic N) is 2. The van der Waals surface area contributed by atoms with E-state index >= 15 is 4.79 Å². The maximum atomic E-state index is 15.2. The highest BCUT2D eigenvalue weighted by atomic mass is 16.5. The predicted octanol–water partition coefficient (Wildman–Crippen LogP) is 8.59. The van der Waals surface area contributed by atoms with Gasteiger partial charge in [-0.15, -0.1) is 0 Å². The number of H-pyrrole nitrogens is 1. The second-order valence-electron chi connectivity index (χ2n) is 14.1. The summed E-state index contributed by atoms with van der Waals surface area (Å²) >= 11 is 0. The molecule has 1 amide bonds. The largest absolute Gasteiger partial charge is 0.489 e. The highest BCUT2D eigenvalue weighted by molar-refractivity contribution is 6.03. The van der Waals surface area contributed by atoms with Gasteiger partial charge in [-0.2, -0.15) is 0 Å². The minimum atomic E-state index is -1.33. The van der Waals surface area contributed by atoms with E-state index in [4.69, 9.17) is 9.47 Å². The molecule has 10 heteroatoms. The summed E-state index contributed by atoms with van der Waals surface area (Å²) < 4.78 is 11.7. The molecule has 0 saturated heterocycles. The van der Waals surface area contributed by atoms with Crippen LogP contribution in [0.25, 0.3) is 0 Å². The summed E-state index contributed by atoms with van der Waals surface area (Å²) in [6.07, 6.45) is 2.45. The molecule has 0 aliphatic rings. The topological polar surface area (TPSA) is 134 Å². The molecule has 7 aromatic rings. The molecule has 3 N–H and O–H groups in total. The van der Waals surface area contributed by atoms with Gasteiger partial charge in [-0.1, -0.05) is 158 Å². The first kappa shape index (κ1) is 39.9. The van der Waals surface area contributed by atoms with Gasteiger partial charge < -0.3 is 24.9 Å². The van der Waals surface area contributed by atoms with Crippen LogP contribution in [0.5, 0.6) is 5.75 Å². The van der Waals surface area contributed by atoms with Crippen molar-refractivity contribution in [2.45, 2.75) is 37.8 Å². The van der Waals surface area contributed by atoms with Crippen molar-refractivity contribution in [3.05, 3.63) is 227 Å². The summed E-state index contributed by atoms with van der Waals surface area (Å²) in [4.78, 5) is 50.6. The number of rotatable bonds is 18. The number of alkyl carbamates (subject to hydrolysis) is 1. The normalized spacial score (nSPS) is 11.7. The molecule has 0 spiro atoms. The number of carbonyl (C=O) groups excluding carboxylic acids is 2. The zero-order valence-electron chi connectivity index (χ0n) is 32.3. The number of hydrogen-bond acceptors (Lipinski definition) is 7. The van der Waals surface area contributed by atoms with Gasteiger partial charge in [-0.05, 0) is 45.5 Å². The van der Waals surface area contributed by atoms with Crippen molar-refractivity contribution in [1.82, 2.24) is 20.2 Å². The minimum absolute atomic E-state index is 0.0175. The van der Waals surface area contributed by atoms with Gasteiger partial charge in [0.2, 0.25) is 0 Å². The molecule has 6 aromatic carbocycles. The smallest absolute Gasteiger partial charge is 0.408 e. The molecule has 0 aliphatic carbocycles. The van der Waals surface area contributed by atoms with Crippen LogP contribution in [0.3, 0.4) is 0 Å². The van der Waals surface area contributed by atoms with Crippen molar-refractivity contribution in [2.75, 3.05) is 6.54 Å². The van der Waals surface area contributed by atoms with E-state index in [9.17, 15) is 14.7 Å². The maximum absolute atomic E-state index is 15.2. The fourth-order valence-corrected chi connectivity index (χ4v) is 7.41. The van der Waals surface area contributed by atoms with Crippen LogP contribution in [0.15, 0.2) is 182 Å². The van der Waals surface area contributed by atoms with Gasteiger partial charge in [0.05, 0.1) is 18.4 Å². The summed E-state index contributed by atoms with van der Waals surface area (Å²) in [7, 11) is 0. The quantitative estimate of drug-likeness (QED) is 0.0582. The average molecular weight is 785 g/mol. The van der Waals surface area contributed by atoms with Crippen LogP contribution >= 0.6 is 0 Å². The number of Topliss-reactive ketones (excluding diaryl/α,β-unsaturated/α-hetero) is 1. The molecule has 1 aromatic heterocycles. The van der Waals surface area contributed by atoms with Gasteiger partial charge in [-0.3, -0.25) is 14.5 Å². The number of nitrogens with one attached hydrogen (secondary N) is 2. The number of imidazole rings is 1. The molecule has 7 rings (SSSR count). The first-order valence-corrected chi connectivity index (χ1v) is 19.3. The lowest BCUT2D eigenvalue weighted by Crippen LogP contribution is -2.51. The zero-order chi connectivity index (χ0) is 40.9. The van der Waals surface area contributed by atoms with E-state index < -0.39 is 29.4 Å². The highest BCUT2D eigenvalue weighted by Crippen LogP contribution is 2.45. The summed E-state index contributed by atoms with van der Waals surface area (Å²) in [5.74, 6) is -0.764. The average Bonchev–Trinajstić information content (AvgIpc) is 3.80. The van der Waals surface area contributed by atoms with Crippen LogP contribution in [-0.4, -0.2) is 50.4 Å².